The topological polar surface area (TPSA) is 278 Å². The highest BCUT2D eigenvalue weighted by Gasteiger charge is 1.70. The first kappa shape index (κ1) is 204. The minimum Gasteiger partial charge on any atom is -0.450 e. The number of hydrogen-bond acceptors (Lipinski definition) is 1. The largest absolute Gasteiger partial charge is 0.503 e. The van der Waals surface area contributed by atoms with Gasteiger partial charge in [0.15, 0.2) is 0 Å². The van der Waals surface area contributed by atoms with Crippen molar-refractivity contribution in [1.82, 2.24) is 0 Å². The second kappa shape index (κ2) is 145. The molecule has 16 N–H and O–H groups in total. The Morgan fingerprint density at radius 3 is 0.636 bits per heavy atom. The molecule has 0 radical (unpaired) electrons. The summed E-state index contributed by atoms with van der Waals surface area (Å²) in [6.45, 7) is 0. The minimum absolute atomic E-state index is 0. The Balaban J connectivity index is -0.00000000214. The normalized spacial score (nSPS) is 2.18. The van der Waals surface area contributed by atoms with Crippen LogP contribution < -0.4 is 0 Å². The van der Waals surface area contributed by atoms with E-state index in [0.717, 1.165) is 0 Å². The van der Waals surface area contributed by atoms with Crippen LogP contribution in [0.2, 0.25) is 0 Å². The summed E-state index contributed by atoms with van der Waals surface area (Å²) in [4.78, 5) is 8.56. The molecule has 0 spiro atoms. The fourth-order valence-electron chi connectivity index (χ4n) is 0. The average Bonchev–Trinajstić information content (AvgIpc) is 0.811. The first-order chi connectivity index (χ1) is 1.73. The van der Waals surface area contributed by atoms with Crippen molar-refractivity contribution in [1.29, 1.82) is 0 Å². The maximum atomic E-state index is 8.56. The molecule has 0 heterocycles. The van der Waals surface area contributed by atoms with Crippen LogP contribution in [-0.2, 0) is 0 Å². The smallest absolute Gasteiger partial charge is 0.450 e. The van der Waals surface area contributed by atoms with Crippen molar-refractivity contribution >= 4 is 6.16 Å². The molecule has 0 aromatic carbocycles. The van der Waals surface area contributed by atoms with Crippen molar-refractivity contribution in [3.05, 3.63) is 0 Å². The fourth-order valence-corrected chi connectivity index (χ4v) is 0. The van der Waals surface area contributed by atoms with E-state index in [1.54, 1.807) is 0 Å². The van der Waals surface area contributed by atoms with Crippen LogP contribution in [0.5, 0.6) is 0 Å². The third kappa shape index (κ3) is 431. The van der Waals surface area contributed by atoms with Gasteiger partial charge in [-0.1, -0.05) is 0 Å². The van der Waals surface area contributed by atoms with Gasteiger partial charge in [0.2, 0.25) is 0 Å². The van der Waals surface area contributed by atoms with Gasteiger partial charge in [0.05, 0.1) is 0 Å². The molecular weight excluding hydrogens is 172 g/mol. The highest BCUT2D eigenvalue weighted by Crippen LogP contribution is 1.42. The zero-order chi connectivity index (χ0) is 3.58. The van der Waals surface area contributed by atoms with E-state index in [2.05, 4.69) is 0 Å². The Kier molecular flexibility index (Phi) is 2690. The fraction of sp³-hybridized carbons (Fsp3) is 0. The molecule has 0 aromatic heterocycles. The molecule has 0 amide bonds. The molecule has 0 saturated carbocycles. The van der Waals surface area contributed by atoms with Crippen molar-refractivity contribution in [3.63, 3.8) is 0 Å². The summed E-state index contributed by atoms with van der Waals surface area (Å²) in [5.74, 6) is 0. The van der Waals surface area contributed by atoms with Crippen LogP contribution in [-0.4, -0.2) is 54.7 Å². The molecule has 0 aliphatic carbocycles. The predicted molar refractivity (Wildman–Crippen MR) is 36.0 cm³/mol. The first-order valence-corrected chi connectivity index (χ1v) is 0.651. The van der Waals surface area contributed by atoms with Crippen LogP contribution in [0.1, 0.15) is 0 Å². The third-order valence-corrected chi connectivity index (χ3v) is 0. The van der Waals surface area contributed by atoms with E-state index in [1.165, 1.54) is 0 Å². The molecule has 0 saturated heterocycles. The Morgan fingerprint density at radius 2 is 0.636 bits per heavy atom. The lowest BCUT2D eigenvalue weighted by atomic mass is 11.5. The predicted octanol–water partition coefficient (Wildman–Crippen LogP) is -5.55. The maximum Gasteiger partial charge on any atom is 0.503 e. The van der Waals surface area contributed by atoms with Crippen molar-refractivity contribution in [2.45, 2.75) is 0 Å². The minimum atomic E-state index is -1.83. The van der Waals surface area contributed by atoms with Crippen LogP contribution in [0.4, 0.5) is 4.79 Å². The monoisotopic (exact) mass is 188 g/mol. The first-order valence-electron chi connectivity index (χ1n) is 0.651. The lowest BCUT2D eigenvalue weighted by Gasteiger charge is -1.60. The average molecular weight is 188 g/mol. The van der Waals surface area contributed by atoms with E-state index in [-0.39, 0.29) is 38.3 Å². The molecule has 0 rings (SSSR count). The van der Waals surface area contributed by atoms with Crippen LogP contribution in [0, 0.1) is 0 Å². The molecular formula is CH16O10. The summed E-state index contributed by atoms with van der Waals surface area (Å²) in [7, 11) is 0. The van der Waals surface area contributed by atoms with Gasteiger partial charge in [0, 0.05) is 0 Å². The molecule has 0 aromatic rings. The second-order valence-electron chi connectivity index (χ2n) is 0.283. The Hall–Kier alpha value is -1.01. The highest BCUT2D eigenvalue weighted by molar-refractivity contribution is 5.53. The van der Waals surface area contributed by atoms with Gasteiger partial charge in [-0.15, -0.1) is 0 Å². The van der Waals surface area contributed by atoms with Crippen LogP contribution >= 0.6 is 0 Å². The van der Waals surface area contributed by atoms with Gasteiger partial charge in [-0.25, -0.2) is 4.79 Å². The lowest BCUT2D eigenvalue weighted by molar-refractivity contribution is 0.137. The zero-order valence-electron chi connectivity index (χ0n) is 5.30. The van der Waals surface area contributed by atoms with Crippen LogP contribution in [0.3, 0.4) is 0 Å². The molecule has 10 heteroatoms. The number of rotatable bonds is 0. The molecule has 11 heavy (non-hydrogen) atoms. The van der Waals surface area contributed by atoms with E-state index in [0.29, 0.717) is 0 Å². The summed E-state index contributed by atoms with van der Waals surface area (Å²) < 4.78 is 0. The molecule has 0 fully saturated rings. The van der Waals surface area contributed by atoms with Crippen molar-refractivity contribution in [2.75, 3.05) is 0 Å². The lowest BCUT2D eigenvalue weighted by Crippen LogP contribution is -1.81. The van der Waals surface area contributed by atoms with Crippen molar-refractivity contribution in [3.8, 4) is 0 Å². The van der Waals surface area contributed by atoms with Gasteiger partial charge >= 0.3 is 6.16 Å². The Bertz CT molecular complexity index is 27.9. The van der Waals surface area contributed by atoms with E-state index >= 15 is 0 Å². The number of hydrogen-bond donors (Lipinski definition) is 2. The zero-order valence-corrected chi connectivity index (χ0v) is 5.30. The quantitative estimate of drug-likeness (QED) is 0.376. The van der Waals surface area contributed by atoms with E-state index < -0.39 is 6.16 Å². The summed E-state index contributed by atoms with van der Waals surface area (Å²) in [5, 5.41) is 13.9. The standard InChI is InChI=1S/CH2O3.7H2O/c2-1(3)4;;;;;;;/h(H2,2,3,4);7*1H2. The second-order valence-corrected chi connectivity index (χ2v) is 0.283. The summed E-state index contributed by atoms with van der Waals surface area (Å²) >= 11 is 0. The third-order valence-electron chi connectivity index (χ3n) is 0. The molecule has 0 aliphatic rings. The van der Waals surface area contributed by atoms with E-state index in [1.807, 2.05) is 0 Å². The van der Waals surface area contributed by atoms with Gasteiger partial charge in [0.25, 0.3) is 0 Å². The molecule has 0 aliphatic heterocycles. The summed E-state index contributed by atoms with van der Waals surface area (Å²) in [6.07, 6.45) is -1.83. The molecule has 0 atom stereocenters. The van der Waals surface area contributed by atoms with Gasteiger partial charge in [-0.2, -0.15) is 0 Å². The highest BCUT2D eigenvalue weighted by atomic mass is 16.6. The maximum absolute atomic E-state index is 8.56. The number of carbonyl (C=O) groups is 1. The Labute approximate surface area is 60.9 Å². The van der Waals surface area contributed by atoms with Gasteiger partial charge < -0.3 is 48.5 Å². The van der Waals surface area contributed by atoms with Crippen LogP contribution in [0.15, 0.2) is 0 Å². The Morgan fingerprint density at radius 1 is 0.636 bits per heavy atom. The van der Waals surface area contributed by atoms with Crippen molar-refractivity contribution in [2.24, 2.45) is 0 Å². The molecule has 10 nitrogen and oxygen atoms in total. The molecule has 0 bridgehead atoms. The van der Waals surface area contributed by atoms with Crippen LogP contribution in [0.25, 0.3) is 0 Å². The van der Waals surface area contributed by atoms with Gasteiger partial charge in [0.1, 0.15) is 0 Å². The van der Waals surface area contributed by atoms with Crippen molar-refractivity contribution < 1.29 is 53.3 Å². The SMILES string of the molecule is O.O.O.O.O.O.O.O=C(O)O. The summed E-state index contributed by atoms with van der Waals surface area (Å²) in [5.41, 5.74) is 0. The van der Waals surface area contributed by atoms with E-state index in [9.17, 15) is 0 Å². The van der Waals surface area contributed by atoms with Gasteiger partial charge in [-0.3, -0.25) is 0 Å². The molecule has 0 unspecified atom stereocenters. The van der Waals surface area contributed by atoms with E-state index in [4.69, 9.17) is 15.0 Å². The number of carboxylic acid groups (broad SMARTS) is 2. The molecule has 80 valence electrons. The van der Waals surface area contributed by atoms with Gasteiger partial charge in [-0.05, 0) is 0 Å². The summed E-state index contributed by atoms with van der Waals surface area (Å²) in [6, 6.07) is 0.